The topological polar surface area (TPSA) is 94.1 Å². The molecule has 1 amide bonds. The fourth-order valence-electron chi connectivity index (χ4n) is 2.71. The Balaban J connectivity index is 1.47. The molecule has 0 spiro atoms. The number of aliphatic carboxylic acids is 1. The molecule has 1 heterocycles. The van der Waals surface area contributed by atoms with E-state index in [2.05, 4.69) is 5.32 Å². The van der Waals surface area contributed by atoms with Crippen molar-refractivity contribution in [1.29, 1.82) is 0 Å². The van der Waals surface area contributed by atoms with E-state index in [1.165, 1.54) is 0 Å². The average Bonchev–Trinajstić information content (AvgIpc) is 3.16. The van der Waals surface area contributed by atoms with E-state index < -0.39 is 17.4 Å². The van der Waals surface area contributed by atoms with Gasteiger partial charge in [-0.15, -0.1) is 0 Å². The Kier molecular flexibility index (Phi) is 5.93. The number of hydrogen-bond donors (Lipinski definition) is 2. The lowest BCUT2D eigenvalue weighted by atomic mass is 9.99. The molecule has 7 nitrogen and oxygen atoms in total. The van der Waals surface area contributed by atoms with Crippen molar-refractivity contribution < 1.29 is 28.9 Å². The van der Waals surface area contributed by atoms with E-state index in [0.717, 1.165) is 5.56 Å². The largest absolute Gasteiger partial charge is 0.489 e. The highest BCUT2D eigenvalue weighted by Crippen LogP contribution is 2.20. The molecule has 1 saturated heterocycles. The minimum absolute atomic E-state index is 0.0402. The second-order valence-corrected chi connectivity index (χ2v) is 6.27. The molecular weight excluding hydrogens is 350 g/mol. The second-order valence-electron chi connectivity index (χ2n) is 6.27. The van der Waals surface area contributed by atoms with Crippen molar-refractivity contribution in [1.82, 2.24) is 5.32 Å². The van der Waals surface area contributed by atoms with Gasteiger partial charge >= 0.3 is 5.97 Å². The minimum Gasteiger partial charge on any atom is -0.489 e. The van der Waals surface area contributed by atoms with Crippen LogP contribution in [0.1, 0.15) is 12.0 Å². The van der Waals surface area contributed by atoms with Gasteiger partial charge in [0.25, 0.3) is 5.91 Å². The molecule has 1 atom stereocenters. The van der Waals surface area contributed by atoms with Crippen LogP contribution in [0.3, 0.4) is 0 Å². The van der Waals surface area contributed by atoms with Crippen molar-refractivity contribution in [2.24, 2.45) is 0 Å². The molecular formula is C20H21NO6. The van der Waals surface area contributed by atoms with Gasteiger partial charge in [0.1, 0.15) is 18.1 Å². The molecule has 1 unspecified atom stereocenters. The monoisotopic (exact) mass is 371 g/mol. The van der Waals surface area contributed by atoms with E-state index in [9.17, 15) is 14.7 Å². The van der Waals surface area contributed by atoms with Crippen molar-refractivity contribution in [3.05, 3.63) is 60.2 Å². The number of benzene rings is 2. The molecule has 0 aliphatic carbocycles. The Morgan fingerprint density at radius 1 is 1.04 bits per heavy atom. The molecule has 2 N–H and O–H groups in total. The van der Waals surface area contributed by atoms with Crippen LogP contribution in [-0.4, -0.2) is 42.3 Å². The fourth-order valence-corrected chi connectivity index (χ4v) is 2.71. The maximum absolute atomic E-state index is 12.0. The molecule has 3 rings (SSSR count). The molecule has 1 fully saturated rings. The summed E-state index contributed by atoms with van der Waals surface area (Å²) in [6, 6.07) is 16.7. The third-order valence-corrected chi connectivity index (χ3v) is 4.25. The normalized spacial score (nSPS) is 18.7. The third-order valence-electron chi connectivity index (χ3n) is 4.25. The van der Waals surface area contributed by atoms with E-state index in [0.29, 0.717) is 24.7 Å². The number of hydrogen-bond acceptors (Lipinski definition) is 5. The molecule has 7 heteroatoms. The lowest BCUT2D eigenvalue weighted by molar-refractivity contribution is -0.148. The molecule has 27 heavy (non-hydrogen) atoms. The summed E-state index contributed by atoms with van der Waals surface area (Å²) in [6.07, 6.45) is 0.238. The molecule has 0 saturated carbocycles. The molecule has 0 radical (unpaired) electrons. The number of carboxylic acid groups (broad SMARTS) is 1. The van der Waals surface area contributed by atoms with E-state index in [1.54, 1.807) is 24.3 Å². The van der Waals surface area contributed by atoms with Crippen molar-refractivity contribution in [2.75, 3.05) is 19.8 Å². The van der Waals surface area contributed by atoms with Crippen molar-refractivity contribution in [2.45, 2.75) is 18.6 Å². The van der Waals surface area contributed by atoms with E-state index in [1.807, 2.05) is 30.3 Å². The van der Waals surface area contributed by atoms with Crippen LogP contribution in [-0.2, 0) is 20.9 Å². The van der Waals surface area contributed by atoms with Gasteiger partial charge < -0.3 is 24.6 Å². The second kappa shape index (κ2) is 8.55. The maximum Gasteiger partial charge on any atom is 0.331 e. The first-order valence-corrected chi connectivity index (χ1v) is 8.59. The average molecular weight is 371 g/mol. The van der Waals surface area contributed by atoms with Gasteiger partial charge in [0.2, 0.25) is 0 Å². The van der Waals surface area contributed by atoms with E-state index >= 15 is 0 Å². The summed E-state index contributed by atoms with van der Waals surface area (Å²) in [5.41, 5.74) is -0.298. The fraction of sp³-hybridized carbons (Fsp3) is 0.300. The summed E-state index contributed by atoms with van der Waals surface area (Å²) in [4.78, 5) is 23.4. The Bertz CT molecular complexity index is 769. The number of carbonyl (C=O) groups is 2. The molecule has 0 bridgehead atoms. The van der Waals surface area contributed by atoms with Gasteiger partial charge in [0.05, 0.1) is 6.61 Å². The van der Waals surface area contributed by atoms with Gasteiger partial charge in [0, 0.05) is 13.0 Å². The minimum atomic E-state index is -1.37. The van der Waals surface area contributed by atoms with Crippen LogP contribution in [0.15, 0.2) is 54.6 Å². The predicted molar refractivity (Wildman–Crippen MR) is 96.7 cm³/mol. The van der Waals surface area contributed by atoms with Crippen LogP contribution < -0.4 is 14.8 Å². The van der Waals surface area contributed by atoms with Gasteiger partial charge in [-0.3, -0.25) is 4.79 Å². The van der Waals surface area contributed by atoms with Crippen LogP contribution in [0.2, 0.25) is 0 Å². The molecule has 1 aliphatic heterocycles. The van der Waals surface area contributed by atoms with Crippen LogP contribution in [0.25, 0.3) is 0 Å². The predicted octanol–water partition coefficient (Wildman–Crippen LogP) is 2.00. The Morgan fingerprint density at radius 2 is 1.70 bits per heavy atom. The summed E-state index contributed by atoms with van der Waals surface area (Å²) in [7, 11) is 0. The Labute approximate surface area is 156 Å². The molecule has 2 aromatic rings. The number of carboxylic acids is 1. The number of amides is 1. The lowest BCUT2D eigenvalue weighted by Crippen LogP contribution is -2.56. The SMILES string of the molecule is O=C(COc1ccc(OCc2ccccc2)cc1)NC1(C(=O)O)CCOC1. The van der Waals surface area contributed by atoms with Gasteiger partial charge in [-0.2, -0.15) is 0 Å². The van der Waals surface area contributed by atoms with Gasteiger partial charge in [-0.05, 0) is 29.8 Å². The van der Waals surface area contributed by atoms with Crippen LogP contribution >= 0.6 is 0 Å². The summed E-state index contributed by atoms with van der Waals surface area (Å²) < 4.78 is 16.2. The zero-order chi connectivity index (χ0) is 19.1. The highest BCUT2D eigenvalue weighted by molar-refractivity contribution is 5.88. The first-order chi connectivity index (χ1) is 13.1. The zero-order valence-corrected chi connectivity index (χ0v) is 14.7. The molecule has 0 aromatic heterocycles. The Morgan fingerprint density at radius 3 is 2.30 bits per heavy atom. The number of carbonyl (C=O) groups excluding carboxylic acids is 1. The summed E-state index contributed by atoms with van der Waals surface area (Å²) >= 11 is 0. The number of nitrogens with one attached hydrogen (secondary N) is 1. The van der Waals surface area contributed by atoms with Crippen molar-refractivity contribution >= 4 is 11.9 Å². The van der Waals surface area contributed by atoms with Gasteiger partial charge in [-0.1, -0.05) is 30.3 Å². The summed E-state index contributed by atoms with van der Waals surface area (Å²) in [5.74, 6) is -0.437. The first-order valence-electron chi connectivity index (χ1n) is 8.59. The Hall–Kier alpha value is -3.06. The molecule has 2 aromatic carbocycles. The highest BCUT2D eigenvalue weighted by atomic mass is 16.5. The molecule has 1 aliphatic rings. The van der Waals surface area contributed by atoms with Crippen molar-refractivity contribution in [3.8, 4) is 11.5 Å². The van der Waals surface area contributed by atoms with Gasteiger partial charge in [-0.25, -0.2) is 4.79 Å². The van der Waals surface area contributed by atoms with E-state index in [4.69, 9.17) is 14.2 Å². The maximum atomic E-state index is 12.0. The van der Waals surface area contributed by atoms with Crippen molar-refractivity contribution in [3.63, 3.8) is 0 Å². The van der Waals surface area contributed by atoms with E-state index in [-0.39, 0.29) is 19.6 Å². The quantitative estimate of drug-likeness (QED) is 0.737. The summed E-state index contributed by atoms with van der Waals surface area (Å²) in [6.45, 7) is 0.446. The van der Waals surface area contributed by atoms with Crippen LogP contribution in [0.5, 0.6) is 11.5 Å². The van der Waals surface area contributed by atoms with Gasteiger partial charge in [0.15, 0.2) is 12.1 Å². The summed E-state index contributed by atoms with van der Waals surface area (Å²) in [5, 5.41) is 11.8. The third kappa shape index (κ3) is 4.98. The van der Waals surface area contributed by atoms with Crippen LogP contribution in [0.4, 0.5) is 0 Å². The smallest absolute Gasteiger partial charge is 0.331 e. The standard InChI is InChI=1S/C20H21NO6/c22-18(21-20(19(23)24)10-11-25-14-20)13-27-17-8-6-16(7-9-17)26-12-15-4-2-1-3-5-15/h1-9H,10-14H2,(H,21,22)(H,23,24). The molecule has 142 valence electrons. The number of rotatable bonds is 8. The zero-order valence-electron chi connectivity index (χ0n) is 14.7. The van der Waals surface area contributed by atoms with Crippen LogP contribution in [0, 0.1) is 0 Å². The lowest BCUT2D eigenvalue weighted by Gasteiger charge is -2.23. The highest BCUT2D eigenvalue weighted by Gasteiger charge is 2.43. The number of ether oxygens (including phenoxy) is 3. The first kappa shape index (κ1) is 18.7.